The molecule has 3 rings (SSSR count). The van der Waals surface area contributed by atoms with Crippen molar-refractivity contribution in [2.75, 3.05) is 12.9 Å². The Morgan fingerprint density at radius 1 is 1.28 bits per heavy atom. The van der Waals surface area contributed by atoms with Crippen molar-refractivity contribution in [3.8, 4) is 17.1 Å². The van der Waals surface area contributed by atoms with Crippen molar-refractivity contribution in [3.63, 3.8) is 0 Å². The maximum Gasteiger partial charge on any atom is 0.218 e. The summed E-state index contributed by atoms with van der Waals surface area (Å²) in [5.41, 5.74) is 6.12. The van der Waals surface area contributed by atoms with E-state index >= 15 is 0 Å². The topological polar surface area (TPSA) is 96.2 Å². The first-order valence-corrected chi connectivity index (χ1v) is 8.67. The van der Waals surface area contributed by atoms with Crippen LogP contribution < -0.4 is 10.5 Å². The van der Waals surface area contributed by atoms with Crippen LogP contribution in [0.25, 0.3) is 11.4 Å². The van der Waals surface area contributed by atoms with Crippen molar-refractivity contribution >= 4 is 17.7 Å². The molecule has 0 fully saturated rings. The van der Waals surface area contributed by atoms with Crippen molar-refractivity contribution in [3.05, 3.63) is 48.4 Å². The maximum atomic E-state index is 11.0. The van der Waals surface area contributed by atoms with Gasteiger partial charge in [-0.1, -0.05) is 11.8 Å². The molecule has 0 saturated carbocycles. The Hall–Kier alpha value is -2.74. The number of hydrogen-bond donors (Lipinski definition) is 1. The van der Waals surface area contributed by atoms with Gasteiger partial charge in [-0.25, -0.2) is 0 Å². The van der Waals surface area contributed by atoms with Crippen molar-refractivity contribution < 1.29 is 13.9 Å². The molecule has 3 aromatic rings. The van der Waals surface area contributed by atoms with Crippen LogP contribution in [0.1, 0.15) is 12.2 Å². The highest BCUT2D eigenvalue weighted by Crippen LogP contribution is 2.27. The number of methoxy groups -OCH3 is 1. The molecule has 1 aromatic carbocycles. The SMILES string of the molecule is COc1ccc(-c2nnc(SCCC(N)=O)n2Cc2ccco2)cc1. The van der Waals surface area contributed by atoms with Gasteiger partial charge in [0.2, 0.25) is 5.91 Å². The molecular weight excluding hydrogens is 340 g/mol. The van der Waals surface area contributed by atoms with E-state index in [9.17, 15) is 4.79 Å². The average molecular weight is 358 g/mol. The highest BCUT2D eigenvalue weighted by molar-refractivity contribution is 7.99. The lowest BCUT2D eigenvalue weighted by Crippen LogP contribution is -2.11. The molecule has 2 heterocycles. The van der Waals surface area contributed by atoms with E-state index in [4.69, 9.17) is 14.9 Å². The number of ether oxygens (including phenoxy) is 1. The molecule has 0 radical (unpaired) electrons. The number of primary amides is 1. The largest absolute Gasteiger partial charge is 0.497 e. The molecule has 1 amide bonds. The Kier molecular flexibility index (Phi) is 5.39. The Labute approximate surface area is 149 Å². The third-order valence-corrected chi connectivity index (χ3v) is 4.51. The Balaban J connectivity index is 1.90. The molecule has 0 aliphatic rings. The number of nitrogens with zero attached hydrogens (tertiary/aromatic N) is 3. The van der Waals surface area contributed by atoms with Crippen LogP contribution in [0.3, 0.4) is 0 Å². The van der Waals surface area contributed by atoms with Crippen LogP contribution >= 0.6 is 11.8 Å². The molecular formula is C17H18N4O3S. The first-order valence-electron chi connectivity index (χ1n) is 7.68. The number of thioether (sulfide) groups is 1. The zero-order chi connectivity index (χ0) is 17.6. The quantitative estimate of drug-likeness (QED) is 0.622. The molecule has 0 atom stereocenters. The number of rotatable bonds is 8. The van der Waals surface area contributed by atoms with E-state index in [0.717, 1.165) is 22.9 Å². The second kappa shape index (κ2) is 7.89. The fourth-order valence-corrected chi connectivity index (χ4v) is 3.18. The Bertz CT molecular complexity index is 828. The first-order chi connectivity index (χ1) is 12.2. The summed E-state index contributed by atoms with van der Waals surface area (Å²) in [5, 5.41) is 9.29. The number of benzene rings is 1. The predicted octanol–water partition coefficient (Wildman–Crippen LogP) is 2.56. The number of furan rings is 1. The van der Waals surface area contributed by atoms with Crippen molar-refractivity contribution in [1.29, 1.82) is 0 Å². The summed E-state index contributed by atoms with van der Waals surface area (Å²) in [6.45, 7) is 0.500. The van der Waals surface area contributed by atoms with Gasteiger partial charge in [0.05, 0.1) is 19.9 Å². The molecule has 130 valence electrons. The van der Waals surface area contributed by atoms with Gasteiger partial charge < -0.3 is 14.9 Å². The predicted molar refractivity (Wildman–Crippen MR) is 94.4 cm³/mol. The average Bonchev–Trinajstić information content (AvgIpc) is 3.26. The molecule has 0 unspecified atom stereocenters. The number of carbonyl (C=O) groups excluding carboxylic acids is 1. The molecule has 0 bridgehead atoms. The summed E-state index contributed by atoms with van der Waals surface area (Å²) < 4.78 is 12.6. The first kappa shape index (κ1) is 17.1. The highest BCUT2D eigenvalue weighted by Gasteiger charge is 2.16. The van der Waals surface area contributed by atoms with Crippen LogP contribution in [0.15, 0.2) is 52.2 Å². The van der Waals surface area contributed by atoms with Crippen LogP contribution in [0.4, 0.5) is 0 Å². The molecule has 7 nitrogen and oxygen atoms in total. The number of carbonyl (C=O) groups is 1. The minimum atomic E-state index is -0.333. The van der Waals surface area contributed by atoms with E-state index in [0.29, 0.717) is 17.5 Å². The van der Waals surface area contributed by atoms with Gasteiger partial charge in [-0.15, -0.1) is 10.2 Å². The van der Waals surface area contributed by atoms with Crippen LogP contribution in [-0.2, 0) is 11.3 Å². The van der Waals surface area contributed by atoms with Crippen LogP contribution in [0, 0.1) is 0 Å². The third-order valence-electron chi connectivity index (χ3n) is 3.54. The van der Waals surface area contributed by atoms with E-state index in [1.807, 2.05) is 41.0 Å². The van der Waals surface area contributed by atoms with Crippen LogP contribution in [-0.4, -0.2) is 33.5 Å². The molecule has 2 N–H and O–H groups in total. The number of aromatic nitrogens is 3. The van der Waals surface area contributed by atoms with Crippen molar-refractivity contribution in [1.82, 2.24) is 14.8 Å². The Morgan fingerprint density at radius 3 is 2.72 bits per heavy atom. The minimum Gasteiger partial charge on any atom is -0.497 e. The van der Waals surface area contributed by atoms with E-state index < -0.39 is 0 Å². The molecule has 0 saturated heterocycles. The van der Waals surface area contributed by atoms with Gasteiger partial charge in [-0.2, -0.15) is 0 Å². The molecule has 2 aromatic heterocycles. The van der Waals surface area contributed by atoms with E-state index in [-0.39, 0.29) is 12.3 Å². The van der Waals surface area contributed by atoms with E-state index in [1.165, 1.54) is 11.8 Å². The summed E-state index contributed by atoms with van der Waals surface area (Å²) in [6, 6.07) is 11.4. The van der Waals surface area contributed by atoms with Crippen molar-refractivity contribution in [2.45, 2.75) is 18.1 Å². The van der Waals surface area contributed by atoms with Crippen LogP contribution in [0.5, 0.6) is 5.75 Å². The normalized spacial score (nSPS) is 10.8. The zero-order valence-corrected chi connectivity index (χ0v) is 14.5. The maximum absolute atomic E-state index is 11.0. The molecule has 0 spiro atoms. The number of amides is 1. The van der Waals surface area contributed by atoms with Gasteiger partial charge in [0.1, 0.15) is 11.5 Å². The van der Waals surface area contributed by atoms with Gasteiger partial charge >= 0.3 is 0 Å². The lowest BCUT2D eigenvalue weighted by molar-refractivity contribution is -0.117. The number of nitrogens with two attached hydrogens (primary N) is 1. The number of hydrogen-bond acceptors (Lipinski definition) is 6. The van der Waals surface area contributed by atoms with Gasteiger partial charge in [0, 0.05) is 17.7 Å². The molecule has 0 aliphatic heterocycles. The standard InChI is InChI=1S/C17H18N4O3S/c1-23-13-6-4-12(5-7-13)16-19-20-17(25-10-8-15(18)22)21(16)11-14-3-2-9-24-14/h2-7,9H,8,10-11H2,1H3,(H2,18,22). The minimum absolute atomic E-state index is 0.288. The summed E-state index contributed by atoms with van der Waals surface area (Å²) in [7, 11) is 1.63. The molecule has 8 heteroatoms. The smallest absolute Gasteiger partial charge is 0.218 e. The summed E-state index contributed by atoms with van der Waals surface area (Å²) in [5.74, 6) is 2.51. The summed E-state index contributed by atoms with van der Waals surface area (Å²) in [6.07, 6.45) is 1.92. The Morgan fingerprint density at radius 2 is 2.08 bits per heavy atom. The van der Waals surface area contributed by atoms with Gasteiger partial charge in [-0.3, -0.25) is 9.36 Å². The monoisotopic (exact) mass is 358 g/mol. The van der Waals surface area contributed by atoms with E-state index in [2.05, 4.69) is 10.2 Å². The zero-order valence-electron chi connectivity index (χ0n) is 13.7. The summed E-state index contributed by atoms with van der Waals surface area (Å²) >= 11 is 1.44. The summed E-state index contributed by atoms with van der Waals surface area (Å²) in [4.78, 5) is 11.0. The molecule has 25 heavy (non-hydrogen) atoms. The van der Waals surface area contributed by atoms with Gasteiger partial charge in [0.25, 0.3) is 0 Å². The molecule has 0 aliphatic carbocycles. The van der Waals surface area contributed by atoms with Crippen molar-refractivity contribution in [2.24, 2.45) is 5.73 Å². The lowest BCUT2D eigenvalue weighted by atomic mass is 10.2. The third kappa shape index (κ3) is 4.21. The van der Waals surface area contributed by atoms with Crippen LogP contribution in [0.2, 0.25) is 0 Å². The highest BCUT2D eigenvalue weighted by atomic mass is 32.2. The second-order valence-electron chi connectivity index (χ2n) is 5.26. The van der Waals surface area contributed by atoms with Gasteiger partial charge in [-0.05, 0) is 36.4 Å². The lowest BCUT2D eigenvalue weighted by Gasteiger charge is -2.09. The van der Waals surface area contributed by atoms with Gasteiger partial charge in [0.15, 0.2) is 11.0 Å². The fraction of sp³-hybridized carbons (Fsp3) is 0.235. The van der Waals surface area contributed by atoms with E-state index in [1.54, 1.807) is 13.4 Å². The second-order valence-corrected chi connectivity index (χ2v) is 6.33. The fourth-order valence-electron chi connectivity index (χ4n) is 2.29.